The second-order valence-corrected chi connectivity index (χ2v) is 7.82. The van der Waals surface area contributed by atoms with Crippen LogP contribution in [0.1, 0.15) is 35.5 Å². The number of nitrogens with zero attached hydrogens (tertiary/aromatic N) is 3. The van der Waals surface area contributed by atoms with Crippen molar-refractivity contribution in [2.75, 3.05) is 37.8 Å². The van der Waals surface area contributed by atoms with Crippen molar-refractivity contribution in [2.24, 2.45) is 10.7 Å². The zero-order valence-corrected chi connectivity index (χ0v) is 17.4. The van der Waals surface area contributed by atoms with Crippen LogP contribution < -0.4 is 15.4 Å². The number of nitrogens with two attached hydrogens (primary N) is 1. The van der Waals surface area contributed by atoms with E-state index in [9.17, 15) is 9.90 Å². The number of hydrogen-bond acceptors (Lipinski definition) is 7. The maximum atomic E-state index is 11.3. The zero-order valence-electron chi connectivity index (χ0n) is 17.4. The van der Waals surface area contributed by atoms with Gasteiger partial charge in [-0.15, -0.1) is 0 Å². The zero-order chi connectivity index (χ0) is 21.6. The van der Waals surface area contributed by atoms with Crippen LogP contribution in [-0.4, -0.2) is 60.7 Å². The van der Waals surface area contributed by atoms with Crippen molar-refractivity contribution in [1.29, 1.82) is 0 Å². The SMILES string of the molecule is CC(C)(O)COc1cc(N2CCOCC2)cc(C=NCc2cccc(C(N)=O)c2)n1. The van der Waals surface area contributed by atoms with Crippen LogP contribution in [0.4, 0.5) is 5.69 Å². The largest absolute Gasteiger partial charge is 0.475 e. The molecule has 0 radical (unpaired) electrons. The number of anilines is 1. The van der Waals surface area contributed by atoms with Crippen LogP contribution >= 0.6 is 0 Å². The first-order valence-corrected chi connectivity index (χ1v) is 9.89. The van der Waals surface area contributed by atoms with Crippen molar-refractivity contribution in [3.8, 4) is 5.88 Å². The van der Waals surface area contributed by atoms with E-state index >= 15 is 0 Å². The first-order chi connectivity index (χ1) is 14.3. The molecular formula is C22H28N4O4. The second-order valence-electron chi connectivity index (χ2n) is 7.82. The van der Waals surface area contributed by atoms with Crippen molar-refractivity contribution in [2.45, 2.75) is 26.0 Å². The molecule has 1 aliphatic heterocycles. The molecule has 1 fully saturated rings. The van der Waals surface area contributed by atoms with Crippen LogP contribution in [0.15, 0.2) is 41.4 Å². The lowest BCUT2D eigenvalue weighted by atomic mass is 10.1. The van der Waals surface area contributed by atoms with E-state index in [-0.39, 0.29) is 6.61 Å². The monoisotopic (exact) mass is 412 g/mol. The van der Waals surface area contributed by atoms with Crippen molar-refractivity contribution in [3.05, 3.63) is 53.2 Å². The van der Waals surface area contributed by atoms with Gasteiger partial charge in [-0.25, -0.2) is 4.98 Å². The summed E-state index contributed by atoms with van der Waals surface area (Å²) in [5.74, 6) is -0.0346. The molecule has 0 spiro atoms. The number of hydrogen-bond donors (Lipinski definition) is 2. The third kappa shape index (κ3) is 6.53. The van der Waals surface area contributed by atoms with E-state index in [1.165, 1.54) is 0 Å². The number of benzene rings is 1. The molecule has 0 saturated carbocycles. The van der Waals surface area contributed by atoms with Crippen molar-refractivity contribution < 1.29 is 19.4 Å². The van der Waals surface area contributed by atoms with Gasteiger partial charge in [0, 0.05) is 36.6 Å². The summed E-state index contributed by atoms with van der Waals surface area (Å²) < 4.78 is 11.2. The van der Waals surface area contributed by atoms with Gasteiger partial charge in [0.05, 0.1) is 31.1 Å². The highest BCUT2D eigenvalue weighted by Gasteiger charge is 2.17. The summed E-state index contributed by atoms with van der Waals surface area (Å²) in [5, 5.41) is 9.96. The summed E-state index contributed by atoms with van der Waals surface area (Å²) in [4.78, 5) is 22.5. The Kier molecular flexibility index (Phi) is 7.02. The Labute approximate surface area is 176 Å². The van der Waals surface area contributed by atoms with E-state index in [1.807, 2.05) is 18.2 Å². The first-order valence-electron chi connectivity index (χ1n) is 9.89. The Balaban J connectivity index is 1.78. The summed E-state index contributed by atoms with van der Waals surface area (Å²) in [6.07, 6.45) is 1.68. The molecule has 30 heavy (non-hydrogen) atoms. The quantitative estimate of drug-likeness (QED) is 0.640. The number of ether oxygens (including phenoxy) is 2. The molecule has 160 valence electrons. The molecule has 3 N–H and O–H groups in total. The minimum Gasteiger partial charge on any atom is -0.475 e. The lowest BCUT2D eigenvalue weighted by molar-refractivity contribution is 0.0268. The summed E-state index contributed by atoms with van der Waals surface area (Å²) in [6, 6.07) is 10.9. The molecule has 0 atom stereocenters. The number of rotatable bonds is 8. The molecule has 0 unspecified atom stereocenters. The Bertz CT molecular complexity index is 902. The van der Waals surface area contributed by atoms with Crippen LogP contribution in [-0.2, 0) is 11.3 Å². The number of morpholine rings is 1. The number of aliphatic imine (C=N–C) groups is 1. The van der Waals surface area contributed by atoms with Gasteiger partial charge in [-0.3, -0.25) is 9.79 Å². The lowest BCUT2D eigenvalue weighted by Crippen LogP contribution is -2.36. The molecule has 0 bridgehead atoms. The van der Waals surface area contributed by atoms with Gasteiger partial charge < -0.3 is 25.2 Å². The van der Waals surface area contributed by atoms with Crippen LogP contribution in [0.5, 0.6) is 5.88 Å². The third-order valence-corrected chi connectivity index (χ3v) is 4.46. The van der Waals surface area contributed by atoms with Crippen molar-refractivity contribution in [3.63, 3.8) is 0 Å². The Morgan fingerprint density at radius 2 is 2.10 bits per heavy atom. The number of aromatic nitrogens is 1. The lowest BCUT2D eigenvalue weighted by Gasteiger charge is -2.29. The molecule has 0 aliphatic carbocycles. The van der Waals surface area contributed by atoms with Gasteiger partial charge in [-0.05, 0) is 37.6 Å². The fraction of sp³-hybridized carbons (Fsp3) is 0.409. The number of primary amides is 1. The fourth-order valence-electron chi connectivity index (χ4n) is 2.97. The number of amides is 1. The molecule has 2 heterocycles. The van der Waals surface area contributed by atoms with Gasteiger partial charge in [0.2, 0.25) is 11.8 Å². The van der Waals surface area contributed by atoms with E-state index in [2.05, 4.69) is 14.9 Å². The van der Waals surface area contributed by atoms with Crippen LogP contribution in [0.25, 0.3) is 0 Å². The Hall–Kier alpha value is -2.97. The van der Waals surface area contributed by atoms with E-state index in [0.29, 0.717) is 36.9 Å². The van der Waals surface area contributed by atoms with E-state index in [4.69, 9.17) is 15.2 Å². The predicted octanol–water partition coefficient (Wildman–Crippen LogP) is 1.79. The van der Waals surface area contributed by atoms with E-state index in [0.717, 1.165) is 24.3 Å². The average Bonchev–Trinajstić information content (AvgIpc) is 2.72. The molecule has 1 aromatic heterocycles. The van der Waals surface area contributed by atoms with E-state index in [1.54, 1.807) is 38.3 Å². The minimum absolute atomic E-state index is 0.128. The topological polar surface area (TPSA) is 110 Å². The summed E-state index contributed by atoms with van der Waals surface area (Å²) >= 11 is 0. The van der Waals surface area contributed by atoms with Gasteiger partial charge in [0.1, 0.15) is 6.61 Å². The van der Waals surface area contributed by atoms with Gasteiger partial charge >= 0.3 is 0 Å². The van der Waals surface area contributed by atoms with Gasteiger partial charge in [-0.2, -0.15) is 0 Å². The molecule has 8 nitrogen and oxygen atoms in total. The number of aliphatic hydroxyl groups is 1. The average molecular weight is 412 g/mol. The van der Waals surface area contributed by atoms with Gasteiger partial charge in [0.25, 0.3) is 0 Å². The smallest absolute Gasteiger partial charge is 0.248 e. The van der Waals surface area contributed by atoms with Crippen LogP contribution in [0.3, 0.4) is 0 Å². The van der Waals surface area contributed by atoms with Gasteiger partial charge in [-0.1, -0.05) is 12.1 Å². The van der Waals surface area contributed by atoms with Crippen molar-refractivity contribution >= 4 is 17.8 Å². The van der Waals surface area contributed by atoms with Crippen LogP contribution in [0, 0.1) is 0 Å². The van der Waals surface area contributed by atoms with Crippen LogP contribution in [0.2, 0.25) is 0 Å². The Morgan fingerprint density at radius 3 is 2.80 bits per heavy atom. The molecule has 3 rings (SSSR count). The highest BCUT2D eigenvalue weighted by Crippen LogP contribution is 2.22. The molecule has 1 saturated heterocycles. The maximum Gasteiger partial charge on any atom is 0.248 e. The summed E-state index contributed by atoms with van der Waals surface area (Å²) in [5.41, 5.74) is 7.32. The fourth-order valence-corrected chi connectivity index (χ4v) is 2.97. The normalized spacial score (nSPS) is 14.8. The standard InChI is InChI=1S/C22H28N4O4/c1-22(2,28)15-30-20-12-19(26-6-8-29-9-7-26)11-18(25-20)14-24-13-16-4-3-5-17(10-16)21(23)27/h3-5,10-12,14,28H,6-9,13,15H2,1-2H3,(H2,23,27). The number of pyridine rings is 1. The maximum absolute atomic E-state index is 11.3. The first kappa shape index (κ1) is 21.7. The number of carbonyl (C=O) groups excluding carboxylic acids is 1. The molecule has 1 aromatic carbocycles. The molecule has 2 aromatic rings. The molecule has 1 amide bonds. The predicted molar refractivity (Wildman–Crippen MR) is 115 cm³/mol. The third-order valence-electron chi connectivity index (χ3n) is 4.46. The van der Waals surface area contributed by atoms with Crippen molar-refractivity contribution in [1.82, 2.24) is 4.98 Å². The molecule has 1 aliphatic rings. The molecule has 8 heteroatoms. The molecular weight excluding hydrogens is 384 g/mol. The highest BCUT2D eigenvalue weighted by molar-refractivity contribution is 5.92. The van der Waals surface area contributed by atoms with E-state index < -0.39 is 11.5 Å². The summed E-state index contributed by atoms with van der Waals surface area (Å²) in [6.45, 7) is 6.79. The van der Waals surface area contributed by atoms with Gasteiger partial charge in [0.15, 0.2) is 0 Å². The second kappa shape index (κ2) is 9.69. The number of carbonyl (C=O) groups is 1. The highest BCUT2D eigenvalue weighted by atomic mass is 16.5. The minimum atomic E-state index is -0.962. The summed E-state index contributed by atoms with van der Waals surface area (Å²) in [7, 11) is 0. The Morgan fingerprint density at radius 1 is 1.33 bits per heavy atom.